The van der Waals surface area contributed by atoms with Crippen molar-refractivity contribution in [2.75, 3.05) is 19.6 Å². The van der Waals surface area contributed by atoms with Crippen LogP contribution in [-0.2, 0) is 9.59 Å². The van der Waals surface area contributed by atoms with Gasteiger partial charge in [0.15, 0.2) is 0 Å². The van der Waals surface area contributed by atoms with Crippen molar-refractivity contribution in [3.8, 4) is 0 Å². The molecule has 1 atom stereocenters. The summed E-state index contributed by atoms with van der Waals surface area (Å²) >= 11 is 0. The first-order valence-electron chi connectivity index (χ1n) is 8.07. The highest BCUT2D eigenvalue weighted by atomic mass is 16.2. The molecule has 2 saturated heterocycles. The van der Waals surface area contributed by atoms with Gasteiger partial charge in [-0.15, -0.1) is 0 Å². The van der Waals surface area contributed by atoms with Gasteiger partial charge < -0.3 is 9.80 Å². The van der Waals surface area contributed by atoms with Crippen LogP contribution < -0.4 is 0 Å². The summed E-state index contributed by atoms with van der Waals surface area (Å²) in [5.74, 6) is 1.42. The molecule has 2 aliphatic heterocycles. The number of hydrogen-bond donors (Lipinski definition) is 0. The van der Waals surface area contributed by atoms with Gasteiger partial charge in [-0.1, -0.05) is 20.8 Å². The van der Waals surface area contributed by atoms with E-state index in [0.29, 0.717) is 12.3 Å². The molecule has 0 aromatic rings. The number of amides is 2. The molecule has 0 N–H and O–H groups in total. The topological polar surface area (TPSA) is 40.6 Å². The largest absolute Gasteiger partial charge is 0.341 e. The monoisotopic (exact) mass is 280 g/mol. The van der Waals surface area contributed by atoms with Crippen molar-refractivity contribution in [1.82, 2.24) is 9.80 Å². The summed E-state index contributed by atoms with van der Waals surface area (Å²) in [7, 11) is 0. The van der Waals surface area contributed by atoms with Crippen molar-refractivity contribution in [3.63, 3.8) is 0 Å². The molecule has 114 valence electrons. The van der Waals surface area contributed by atoms with E-state index in [1.165, 1.54) is 0 Å². The third kappa shape index (κ3) is 3.53. The minimum Gasteiger partial charge on any atom is -0.341 e. The lowest BCUT2D eigenvalue weighted by molar-refractivity contribution is -0.145. The van der Waals surface area contributed by atoms with E-state index < -0.39 is 0 Å². The predicted molar refractivity (Wildman–Crippen MR) is 79.2 cm³/mol. The lowest BCUT2D eigenvalue weighted by atomic mass is 9.98. The van der Waals surface area contributed by atoms with Crippen LogP contribution >= 0.6 is 0 Å². The maximum atomic E-state index is 12.6. The van der Waals surface area contributed by atoms with Crippen LogP contribution in [0.1, 0.15) is 52.9 Å². The number of nitrogens with zero attached hydrogens (tertiary/aromatic N) is 2. The molecule has 0 unspecified atom stereocenters. The first-order chi connectivity index (χ1) is 9.49. The number of carbonyl (C=O) groups is 2. The number of piperidine rings is 1. The van der Waals surface area contributed by atoms with Gasteiger partial charge in [0, 0.05) is 26.1 Å². The lowest BCUT2D eigenvalue weighted by Gasteiger charge is -2.34. The van der Waals surface area contributed by atoms with Crippen LogP contribution in [0.15, 0.2) is 0 Å². The fraction of sp³-hybridized carbons (Fsp3) is 0.875. The van der Waals surface area contributed by atoms with E-state index in [2.05, 4.69) is 20.8 Å². The highest BCUT2D eigenvalue weighted by Crippen LogP contribution is 2.24. The van der Waals surface area contributed by atoms with E-state index >= 15 is 0 Å². The fourth-order valence-corrected chi connectivity index (χ4v) is 3.23. The Labute approximate surface area is 122 Å². The van der Waals surface area contributed by atoms with E-state index in [0.717, 1.165) is 51.2 Å². The summed E-state index contributed by atoms with van der Waals surface area (Å²) in [6.45, 7) is 8.83. The molecule has 0 aromatic heterocycles. The Hall–Kier alpha value is -1.06. The zero-order chi connectivity index (χ0) is 14.7. The maximum Gasteiger partial charge on any atom is 0.245 e. The third-order valence-corrected chi connectivity index (χ3v) is 4.54. The van der Waals surface area contributed by atoms with Gasteiger partial charge in [-0.25, -0.2) is 0 Å². The third-order valence-electron chi connectivity index (χ3n) is 4.54. The molecule has 2 fully saturated rings. The first kappa shape index (κ1) is 15.3. The van der Waals surface area contributed by atoms with Gasteiger partial charge in [0.25, 0.3) is 0 Å². The van der Waals surface area contributed by atoms with E-state index in [1.54, 1.807) is 0 Å². The average molecular weight is 280 g/mol. The van der Waals surface area contributed by atoms with Gasteiger partial charge in [0.05, 0.1) is 0 Å². The first-order valence-corrected chi connectivity index (χ1v) is 8.07. The van der Waals surface area contributed by atoms with Gasteiger partial charge in [-0.3, -0.25) is 9.59 Å². The smallest absolute Gasteiger partial charge is 0.245 e. The molecule has 2 amide bonds. The van der Waals surface area contributed by atoms with Crippen LogP contribution in [0.2, 0.25) is 0 Å². The molecule has 0 bridgehead atoms. The second-order valence-electron chi connectivity index (χ2n) is 6.85. The van der Waals surface area contributed by atoms with Crippen molar-refractivity contribution in [2.24, 2.45) is 11.8 Å². The average Bonchev–Trinajstić information content (AvgIpc) is 2.87. The van der Waals surface area contributed by atoms with Gasteiger partial charge in [-0.2, -0.15) is 0 Å². The van der Waals surface area contributed by atoms with Gasteiger partial charge >= 0.3 is 0 Å². The number of hydrogen-bond acceptors (Lipinski definition) is 2. The molecular weight excluding hydrogens is 252 g/mol. The SMILES string of the molecule is CC(C)CC(=O)N1CCC[C@H]1C(=O)N1CCC(C)CC1. The molecule has 0 spiro atoms. The highest BCUT2D eigenvalue weighted by Gasteiger charge is 2.37. The number of rotatable bonds is 3. The van der Waals surface area contributed by atoms with Gasteiger partial charge in [0.1, 0.15) is 6.04 Å². The lowest BCUT2D eigenvalue weighted by Crippen LogP contribution is -2.50. The van der Waals surface area contributed by atoms with E-state index in [9.17, 15) is 9.59 Å². The molecule has 0 aromatic carbocycles. The number of carbonyl (C=O) groups excluding carboxylic acids is 2. The molecule has 2 heterocycles. The van der Waals surface area contributed by atoms with Crippen LogP contribution in [0.5, 0.6) is 0 Å². The molecular formula is C16H28N2O2. The normalized spacial score (nSPS) is 24.5. The fourth-order valence-electron chi connectivity index (χ4n) is 3.23. The Morgan fingerprint density at radius 1 is 1.10 bits per heavy atom. The van der Waals surface area contributed by atoms with Crippen molar-refractivity contribution < 1.29 is 9.59 Å². The molecule has 0 saturated carbocycles. The molecule has 0 aliphatic carbocycles. The minimum atomic E-state index is -0.186. The molecule has 4 nitrogen and oxygen atoms in total. The molecule has 4 heteroatoms. The molecule has 2 rings (SSSR count). The molecule has 2 aliphatic rings. The summed E-state index contributed by atoms with van der Waals surface area (Å²) in [5.41, 5.74) is 0. The van der Waals surface area contributed by atoms with Crippen molar-refractivity contribution >= 4 is 11.8 Å². The quantitative estimate of drug-likeness (QED) is 0.796. The Morgan fingerprint density at radius 3 is 2.35 bits per heavy atom. The van der Waals surface area contributed by atoms with E-state index in [-0.39, 0.29) is 17.9 Å². The summed E-state index contributed by atoms with van der Waals surface area (Å²) in [5, 5.41) is 0. The molecule has 20 heavy (non-hydrogen) atoms. The Kier molecular flexibility index (Phi) is 5.06. The summed E-state index contributed by atoms with van der Waals surface area (Å²) in [4.78, 5) is 28.7. The number of likely N-dealkylation sites (tertiary alicyclic amines) is 2. The van der Waals surface area contributed by atoms with Gasteiger partial charge in [-0.05, 0) is 37.5 Å². The van der Waals surface area contributed by atoms with Crippen LogP contribution in [-0.4, -0.2) is 47.3 Å². The van der Waals surface area contributed by atoms with E-state index in [1.807, 2.05) is 9.80 Å². The zero-order valence-electron chi connectivity index (χ0n) is 13.1. The molecule has 0 radical (unpaired) electrons. The minimum absolute atomic E-state index is 0.154. The van der Waals surface area contributed by atoms with Crippen LogP contribution in [0.4, 0.5) is 0 Å². The summed E-state index contributed by atoms with van der Waals surface area (Å²) in [6, 6.07) is -0.186. The van der Waals surface area contributed by atoms with Crippen molar-refractivity contribution in [1.29, 1.82) is 0 Å². The van der Waals surface area contributed by atoms with E-state index in [4.69, 9.17) is 0 Å². The summed E-state index contributed by atoms with van der Waals surface area (Å²) in [6.07, 6.45) is 4.55. The predicted octanol–water partition coefficient (Wildman–Crippen LogP) is 2.28. The van der Waals surface area contributed by atoms with Crippen molar-refractivity contribution in [3.05, 3.63) is 0 Å². The standard InChI is InChI=1S/C16H28N2O2/c1-12(2)11-15(19)18-8-4-5-14(18)16(20)17-9-6-13(3)7-10-17/h12-14H,4-11H2,1-3H3/t14-/m0/s1. The highest BCUT2D eigenvalue weighted by molar-refractivity contribution is 5.88. The Morgan fingerprint density at radius 2 is 1.75 bits per heavy atom. The maximum absolute atomic E-state index is 12.6. The van der Waals surface area contributed by atoms with Crippen LogP contribution in [0.25, 0.3) is 0 Å². The Balaban J connectivity index is 1.96. The summed E-state index contributed by atoms with van der Waals surface area (Å²) < 4.78 is 0. The van der Waals surface area contributed by atoms with Crippen LogP contribution in [0, 0.1) is 11.8 Å². The van der Waals surface area contributed by atoms with Crippen molar-refractivity contribution in [2.45, 2.75) is 58.9 Å². The Bertz CT molecular complexity index is 359. The second kappa shape index (κ2) is 6.59. The van der Waals surface area contributed by atoms with Gasteiger partial charge in [0.2, 0.25) is 11.8 Å². The second-order valence-corrected chi connectivity index (χ2v) is 6.85. The van der Waals surface area contributed by atoms with Crippen LogP contribution in [0.3, 0.4) is 0 Å². The zero-order valence-corrected chi connectivity index (χ0v) is 13.1.